The molecular weight excluding hydrogens is 321 g/mol. The minimum absolute atomic E-state index is 0.134. The lowest BCUT2D eigenvalue weighted by Crippen LogP contribution is -2.38. The molecule has 5 nitrogen and oxygen atoms in total. The molecule has 0 atom stereocenters. The Morgan fingerprint density at radius 1 is 1.48 bits per heavy atom. The number of carbonyl (C=O) groups is 1. The average molecular weight is 336 g/mol. The number of rotatable bonds is 6. The maximum atomic E-state index is 13.2. The van der Waals surface area contributed by atoms with Crippen molar-refractivity contribution in [2.45, 2.75) is 30.7 Å². The molecule has 1 aliphatic rings. The molecule has 116 valence electrons. The number of carbonyl (C=O) groups excluding carboxylic acids is 1. The molecule has 1 aromatic rings. The van der Waals surface area contributed by atoms with Gasteiger partial charge in [0.15, 0.2) is 0 Å². The minimum atomic E-state index is -3.91. The van der Waals surface area contributed by atoms with Gasteiger partial charge in [0.2, 0.25) is 10.0 Å². The van der Waals surface area contributed by atoms with Crippen LogP contribution in [0.4, 0.5) is 4.39 Å². The SMILES string of the molecule is CCOC(=O)CN(C1CC1)S(=O)(=O)c1ccc(F)c(Cl)c1. The van der Waals surface area contributed by atoms with Crippen molar-refractivity contribution in [1.82, 2.24) is 4.31 Å². The molecule has 0 spiro atoms. The van der Waals surface area contributed by atoms with E-state index in [9.17, 15) is 17.6 Å². The van der Waals surface area contributed by atoms with E-state index in [0.717, 1.165) is 22.5 Å². The van der Waals surface area contributed by atoms with Crippen LogP contribution < -0.4 is 0 Å². The summed E-state index contributed by atoms with van der Waals surface area (Å²) >= 11 is 5.63. The number of hydrogen-bond acceptors (Lipinski definition) is 4. The van der Waals surface area contributed by atoms with Gasteiger partial charge in [0.05, 0.1) is 16.5 Å². The van der Waals surface area contributed by atoms with Crippen molar-refractivity contribution in [2.75, 3.05) is 13.2 Å². The van der Waals surface area contributed by atoms with Crippen LogP contribution in [0, 0.1) is 5.82 Å². The Bertz CT molecular complexity index is 646. The lowest BCUT2D eigenvalue weighted by Gasteiger charge is -2.21. The summed E-state index contributed by atoms with van der Waals surface area (Å²) < 4.78 is 44.1. The number of benzene rings is 1. The molecule has 21 heavy (non-hydrogen) atoms. The van der Waals surface area contributed by atoms with E-state index in [4.69, 9.17) is 16.3 Å². The van der Waals surface area contributed by atoms with Crippen LogP contribution in [0.3, 0.4) is 0 Å². The molecule has 0 bridgehead atoms. The van der Waals surface area contributed by atoms with Crippen LogP contribution in [0.5, 0.6) is 0 Å². The van der Waals surface area contributed by atoms with Crippen LogP contribution >= 0.6 is 11.6 Å². The van der Waals surface area contributed by atoms with Crippen molar-refractivity contribution in [3.8, 4) is 0 Å². The minimum Gasteiger partial charge on any atom is -0.465 e. The highest BCUT2D eigenvalue weighted by molar-refractivity contribution is 7.89. The molecule has 1 fully saturated rings. The van der Waals surface area contributed by atoms with E-state index in [-0.39, 0.29) is 29.1 Å². The van der Waals surface area contributed by atoms with E-state index in [1.165, 1.54) is 0 Å². The van der Waals surface area contributed by atoms with E-state index in [2.05, 4.69) is 0 Å². The van der Waals surface area contributed by atoms with Gasteiger partial charge in [0, 0.05) is 6.04 Å². The smallest absolute Gasteiger partial charge is 0.321 e. The molecule has 0 radical (unpaired) electrons. The van der Waals surface area contributed by atoms with Gasteiger partial charge in [-0.15, -0.1) is 0 Å². The summed E-state index contributed by atoms with van der Waals surface area (Å²) in [4.78, 5) is 11.4. The molecule has 0 aliphatic heterocycles. The monoisotopic (exact) mass is 335 g/mol. The van der Waals surface area contributed by atoms with E-state index in [1.54, 1.807) is 6.92 Å². The second-order valence-electron chi connectivity index (χ2n) is 4.66. The third kappa shape index (κ3) is 3.72. The Balaban J connectivity index is 2.29. The number of halogens is 2. The van der Waals surface area contributed by atoms with Crippen molar-refractivity contribution in [1.29, 1.82) is 0 Å². The van der Waals surface area contributed by atoms with Gasteiger partial charge in [-0.2, -0.15) is 4.31 Å². The summed E-state index contributed by atoms with van der Waals surface area (Å²) in [5.41, 5.74) is 0. The molecule has 0 aromatic heterocycles. The summed E-state index contributed by atoms with van der Waals surface area (Å²) in [6, 6.07) is 2.96. The predicted octanol–water partition coefficient (Wildman–Crippen LogP) is 2.20. The first-order valence-electron chi connectivity index (χ1n) is 6.48. The Hall–Kier alpha value is -1.18. The number of ether oxygens (including phenoxy) is 1. The lowest BCUT2D eigenvalue weighted by atomic mass is 10.3. The molecule has 1 aromatic carbocycles. The summed E-state index contributed by atoms with van der Waals surface area (Å²) in [6.45, 7) is 1.48. The van der Waals surface area contributed by atoms with E-state index in [0.29, 0.717) is 12.8 Å². The molecule has 8 heteroatoms. The zero-order valence-corrected chi connectivity index (χ0v) is 13.0. The molecule has 1 aliphatic carbocycles. The summed E-state index contributed by atoms with van der Waals surface area (Å²) in [7, 11) is -3.91. The van der Waals surface area contributed by atoms with Gasteiger partial charge < -0.3 is 4.74 Å². The van der Waals surface area contributed by atoms with Crippen molar-refractivity contribution >= 4 is 27.6 Å². The van der Waals surface area contributed by atoms with Gasteiger partial charge in [-0.25, -0.2) is 12.8 Å². The van der Waals surface area contributed by atoms with Gasteiger partial charge >= 0.3 is 5.97 Å². The van der Waals surface area contributed by atoms with Crippen LogP contribution in [0.25, 0.3) is 0 Å². The number of hydrogen-bond donors (Lipinski definition) is 0. The van der Waals surface area contributed by atoms with Crippen molar-refractivity contribution < 1.29 is 22.3 Å². The Morgan fingerprint density at radius 3 is 2.67 bits per heavy atom. The molecule has 0 saturated heterocycles. The highest BCUT2D eigenvalue weighted by Crippen LogP contribution is 2.32. The number of nitrogens with zero attached hydrogens (tertiary/aromatic N) is 1. The molecule has 1 saturated carbocycles. The average Bonchev–Trinajstić information content (AvgIpc) is 3.23. The second-order valence-corrected chi connectivity index (χ2v) is 6.96. The Kier molecular flexibility index (Phi) is 4.85. The fourth-order valence-electron chi connectivity index (χ4n) is 1.88. The molecule has 0 N–H and O–H groups in total. The first-order valence-corrected chi connectivity index (χ1v) is 8.30. The largest absolute Gasteiger partial charge is 0.465 e. The maximum absolute atomic E-state index is 13.2. The second kappa shape index (κ2) is 6.29. The van der Waals surface area contributed by atoms with E-state index in [1.807, 2.05) is 0 Å². The van der Waals surface area contributed by atoms with Crippen LogP contribution in [0.2, 0.25) is 5.02 Å². The predicted molar refractivity (Wildman–Crippen MR) is 75.0 cm³/mol. The van der Waals surface area contributed by atoms with Gasteiger partial charge in [0.1, 0.15) is 12.4 Å². The standard InChI is InChI=1S/C13H15ClFNO4S/c1-2-20-13(17)8-16(9-3-4-9)21(18,19)10-5-6-12(15)11(14)7-10/h5-7,9H,2-4,8H2,1H3. The maximum Gasteiger partial charge on any atom is 0.321 e. The third-order valence-electron chi connectivity index (χ3n) is 3.04. The lowest BCUT2D eigenvalue weighted by molar-refractivity contribution is -0.143. The molecular formula is C13H15ClFNO4S. The van der Waals surface area contributed by atoms with Gasteiger partial charge in [-0.05, 0) is 38.0 Å². The van der Waals surface area contributed by atoms with E-state index >= 15 is 0 Å². The van der Waals surface area contributed by atoms with Crippen LogP contribution in [-0.2, 0) is 19.6 Å². The molecule has 0 heterocycles. The zero-order chi connectivity index (χ0) is 15.6. The fraction of sp³-hybridized carbons (Fsp3) is 0.462. The quantitative estimate of drug-likeness (QED) is 0.748. The summed E-state index contributed by atoms with van der Waals surface area (Å²) in [6.07, 6.45) is 1.38. The fourth-order valence-corrected chi connectivity index (χ4v) is 3.78. The van der Waals surface area contributed by atoms with Crippen LogP contribution in [0.15, 0.2) is 23.1 Å². The highest BCUT2D eigenvalue weighted by atomic mass is 35.5. The van der Waals surface area contributed by atoms with Crippen LogP contribution in [0.1, 0.15) is 19.8 Å². The van der Waals surface area contributed by atoms with Gasteiger partial charge in [-0.3, -0.25) is 4.79 Å². The summed E-state index contributed by atoms with van der Waals surface area (Å²) in [5.74, 6) is -1.31. The molecule has 0 unspecified atom stereocenters. The van der Waals surface area contributed by atoms with Crippen molar-refractivity contribution in [3.05, 3.63) is 29.0 Å². The topological polar surface area (TPSA) is 63.7 Å². The number of esters is 1. The number of sulfonamides is 1. The van der Waals surface area contributed by atoms with Gasteiger partial charge in [-0.1, -0.05) is 11.6 Å². The molecule has 0 amide bonds. The third-order valence-corrected chi connectivity index (χ3v) is 5.23. The Labute approximate surface area is 127 Å². The van der Waals surface area contributed by atoms with Gasteiger partial charge in [0.25, 0.3) is 0 Å². The first kappa shape index (κ1) is 16.2. The van der Waals surface area contributed by atoms with Crippen LogP contribution in [-0.4, -0.2) is 37.9 Å². The highest BCUT2D eigenvalue weighted by Gasteiger charge is 2.39. The molecule has 2 rings (SSSR count). The van der Waals surface area contributed by atoms with Crippen molar-refractivity contribution in [2.24, 2.45) is 0 Å². The Morgan fingerprint density at radius 2 is 2.14 bits per heavy atom. The normalized spacial score (nSPS) is 15.2. The van der Waals surface area contributed by atoms with E-state index < -0.39 is 21.8 Å². The zero-order valence-electron chi connectivity index (χ0n) is 11.4. The van der Waals surface area contributed by atoms with Crippen molar-refractivity contribution in [3.63, 3.8) is 0 Å². The summed E-state index contributed by atoms with van der Waals surface area (Å²) in [5, 5.41) is -0.275. The first-order chi connectivity index (χ1) is 9.86.